The van der Waals surface area contributed by atoms with E-state index in [4.69, 9.17) is 23.9 Å². The number of aromatic nitrogens is 2. The minimum atomic E-state index is -0.334. The molecule has 4 aromatic carbocycles. The molecule has 0 aliphatic heterocycles. The summed E-state index contributed by atoms with van der Waals surface area (Å²) in [6, 6.07) is 27.6. The van der Waals surface area contributed by atoms with Crippen LogP contribution in [-0.4, -0.2) is 36.3 Å². The van der Waals surface area contributed by atoms with Crippen molar-refractivity contribution in [3.63, 3.8) is 0 Å². The lowest BCUT2D eigenvalue weighted by Gasteiger charge is -2.12. The van der Waals surface area contributed by atoms with Gasteiger partial charge in [-0.3, -0.25) is 4.79 Å². The van der Waals surface area contributed by atoms with Crippen LogP contribution in [0.3, 0.4) is 0 Å². The Balaban J connectivity index is 1.39. The number of methoxy groups -OCH3 is 1. The van der Waals surface area contributed by atoms with Crippen molar-refractivity contribution in [2.75, 3.05) is 20.3 Å². The molecule has 0 fully saturated rings. The first-order valence-electron chi connectivity index (χ1n) is 13.7. The molecule has 0 unspecified atom stereocenters. The van der Waals surface area contributed by atoms with E-state index in [2.05, 4.69) is 4.98 Å². The van der Waals surface area contributed by atoms with Crippen LogP contribution in [0.2, 0.25) is 0 Å². The van der Waals surface area contributed by atoms with Gasteiger partial charge in [0, 0.05) is 29.2 Å². The molecular weight excluding hydrogens is 535 g/mol. The van der Waals surface area contributed by atoms with Crippen LogP contribution in [0.5, 0.6) is 17.4 Å². The Morgan fingerprint density at radius 2 is 1.55 bits per heavy atom. The quantitative estimate of drug-likeness (QED) is 0.115. The number of nitrogens with zero attached hydrogens (tertiary/aromatic N) is 2. The summed E-state index contributed by atoms with van der Waals surface area (Å²) in [5.41, 5.74) is 2.77. The Labute approximate surface area is 243 Å². The average molecular weight is 567 g/mol. The highest BCUT2D eigenvalue weighted by Crippen LogP contribution is 2.30. The van der Waals surface area contributed by atoms with Crippen LogP contribution in [0.25, 0.3) is 33.4 Å². The molecule has 1 aromatic heterocycles. The lowest BCUT2D eigenvalue weighted by molar-refractivity contribution is -0.143. The first-order valence-corrected chi connectivity index (χ1v) is 13.7. The zero-order valence-corrected chi connectivity index (χ0v) is 23.5. The Hall–Kier alpha value is -4.98. The summed E-state index contributed by atoms with van der Waals surface area (Å²) >= 11 is 0. The summed E-state index contributed by atoms with van der Waals surface area (Å²) in [6.45, 7) is 2.63. The lowest BCUT2D eigenvalue weighted by Crippen LogP contribution is -2.06. The van der Waals surface area contributed by atoms with Crippen molar-refractivity contribution in [3.05, 3.63) is 102 Å². The highest BCUT2D eigenvalue weighted by Gasteiger charge is 2.12. The number of rotatable bonds is 12. The van der Waals surface area contributed by atoms with Crippen LogP contribution in [0, 0.1) is 5.82 Å². The minimum Gasteiger partial charge on any atom is -0.497 e. The van der Waals surface area contributed by atoms with Gasteiger partial charge in [0.15, 0.2) is 5.82 Å². The fourth-order valence-electron chi connectivity index (χ4n) is 4.40. The smallest absolute Gasteiger partial charge is 0.305 e. The van der Waals surface area contributed by atoms with Crippen molar-refractivity contribution in [2.24, 2.45) is 0 Å². The predicted octanol–water partition coefficient (Wildman–Crippen LogP) is 7.41. The highest BCUT2D eigenvalue weighted by atomic mass is 19.1. The summed E-state index contributed by atoms with van der Waals surface area (Å²) in [6.07, 6.45) is 0.908. The summed E-state index contributed by atoms with van der Waals surface area (Å²) in [7, 11) is 1.62. The van der Waals surface area contributed by atoms with Crippen LogP contribution < -0.4 is 14.2 Å². The van der Waals surface area contributed by atoms with Crippen LogP contribution in [0.15, 0.2) is 91.0 Å². The van der Waals surface area contributed by atoms with E-state index < -0.39 is 0 Å². The lowest BCUT2D eigenvalue weighted by atomic mass is 10.1. The van der Waals surface area contributed by atoms with Gasteiger partial charge in [0.1, 0.15) is 23.9 Å². The number of hydrogen-bond acceptors (Lipinski definition) is 7. The molecular formula is C34H31FN2O5. The summed E-state index contributed by atoms with van der Waals surface area (Å²) < 4.78 is 36.3. The number of halogens is 1. The molecule has 0 saturated carbocycles. The maximum Gasteiger partial charge on any atom is 0.305 e. The number of esters is 1. The Morgan fingerprint density at radius 3 is 2.33 bits per heavy atom. The largest absolute Gasteiger partial charge is 0.497 e. The molecule has 5 aromatic rings. The summed E-state index contributed by atoms with van der Waals surface area (Å²) in [5.74, 6) is 1.72. The van der Waals surface area contributed by atoms with Crippen LogP contribution in [-0.2, 0) is 16.1 Å². The Kier molecular flexibility index (Phi) is 9.23. The number of carbonyl (C=O) groups is 1. The molecule has 214 valence electrons. The predicted molar refractivity (Wildman–Crippen MR) is 159 cm³/mol. The molecule has 0 aliphatic carbocycles. The van der Waals surface area contributed by atoms with Crippen molar-refractivity contribution in [3.8, 4) is 40.0 Å². The van der Waals surface area contributed by atoms with E-state index in [-0.39, 0.29) is 18.4 Å². The van der Waals surface area contributed by atoms with E-state index in [0.29, 0.717) is 49.0 Å². The summed E-state index contributed by atoms with van der Waals surface area (Å²) in [5, 5.41) is 1.97. The van der Waals surface area contributed by atoms with Gasteiger partial charge in [-0.05, 0) is 72.6 Å². The molecule has 0 aliphatic rings. The standard InChI is InChI=1S/C34H31FN2O5/c1-3-40-33(38)9-6-18-41-29-17-14-24-19-26(11-10-25(24)20-29)34-36-31(23-12-15-28(39-2)16-13-23)21-32(37-34)42-22-27-7-4-5-8-30(27)35/h4-5,7-8,10-17,19-21H,3,6,9,18,22H2,1-2H3. The first-order chi connectivity index (χ1) is 20.5. The molecule has 42 heavy (non-hydrogen) atoms. The van der Waals surface area contributed by atoms with E-state index in [1.807, 2.05) is 60.7 Å². The van der Waals surface area contributed by atoms with Crippen molar-refractivity contribution < 1.29 is 28.1 Å². The topological polar surface area (TPSA) is 79.8 Å². The fourth-order valence-corrected chi connectivity index (χ4v) is 4.40. The van der Waals surface area contributed by atoms with Crippen LogP contribution in [0.4, 0.5) is 4.39 Å². The molecule has 0 bridgehead atoms. The zero-order chi connectivity index (χ0) is 29.3. The number of fused-ring (bicyclic) bond motifs is 1. The van der Waals surface area contributed by atoms with E-state index in [1.165, 1.54) is 6.07 Å². The molecule has 0 saturated heterocycles. The molecule has 0 spiro atoms. The maximum absolute atomic E-state index is 14.2. The minimum absolute atomic E-state index is 0.0332. The van der Waals surface area contributed by atoms with Gasteiger partial charge in [0.25, 0.3) is 0 Å². The molecule has 5 rings (SSSR count). The van der Waals surface area contributed by atoms with Crippen LogP contribution >= 0.6 is 0 Å². The Morgan fingerprint density at radius 1 is 0.810 bits per heavy atom. The Bertz CT molecular complexity index is 1670. The van der Waals surface area contributed by atoms with E-state index in [1.54, 1.807) is 38.3 Å². The van der Waals surface area contributed by atoms with Gasteiger partial charge in [-0.25, -0.2) is 9.37 Å². The van der Waals surface area contributed by atoms with Gasteiger partial charge < -0.3 is 18.9 Å². The molecule has 0 N–H and O–H groups in total. The van der Waals surface area contributed by atoms with Crippen molar-refractivity contribution >= 4 is 16.7 Å². The third kappa shape index (κ3) is 7.20. The number of benzene rings is 4. The van der Waals surface area contributed by atoms with Gasteiger partial charge in [-0.1, -0.05) is 36.4 Å². The molecule has 8 heteroatoms. The molecule has 7 nitrogen and oxygen atoms in total. The monoisotopic (exact) mass is 566 g/mol. The molecule has 0 amide bonds. The van der Waals surface area contributed by atoms with Crippen molar-refractivity contribution in [1.29, 1.82) is 0 Å². The van der Waals surface area contributed by atoms with Gasteiger partial charge in [-0.15, -0.1) is 0 Å². The second-order valence-electron chi connectivity index (χ2n) is 9.50. The van der Waals surface area contributed by atoms with Gasteiger partial charge in [-0.2, -0.15) is 4.98 Å². The van der Waals surface area contributed by atoms with Gasteiger partial charge in [0.05, 0.1) is 26.0 Å². The SMILES string of the molecule is CCOC(=O)CCCOc1ccc2cc(-c3nc(OCc4ccccc4F)cc(-c4ccc(OC)cc4)n3)ccc2c1. The van der Waals surface area contributed by atoms with Crippen LogP contribution in [0.1, 0.15) is 25.3 Å². The van der Waals surface area contributed by atoms with Crippen molar-refractivity contribution in [1.82, 2.24) is 9.97 Å². The third-order valence-electron chi connectivity index (χ3n) is 6.59. The number of hydrogen-bond donors (Lipinski definition) is 0. The molecule has 0 radical (unpaired) electrons. The average Bonchev–Trinajstić information content (AvgIpc) is 3.02. The van der Waals surface area contributed by atoms with E-state index in [9.17, 15) is 9.18 Å². The third-order valence-corrected chi connectivity index (χ3v) is 6.59. The normalized spacial score (nSPS) is 10.8. The number of ether oxygens (including phenoxy) is 4. The van der Waals surface area contributed by atoms with Gasteiger partial charge >= 0.3 is 5.97 Å². The first kappa shape index (κ1) is 28.5. The second-order valence-corrected chi connectivity index (χ2v) is 9.50. The second kappa shape index (κ2) is 13.6. The molecule has 1 heterocycles. The highest BCUT2D eigenvalue weighted by molar-refractivity contribution is 5.87. The van der Waals surface area contributed by atoms with E-state index >= 15 is 0 Å². The zero-order valence-electron chi connectivity index (χ0n) is 23.5. The van der Waals surface area contributed by atoms with Gasteiger partial charge in [0.2, 0.25) is 5.88 Å². The summed E-state index contributed by atoms with van der Waals surface area (Å²) in [4.78, 5) is 21.0. The van der Waals surface area contributed by atoms with E-state index in [0.717, 1.165) is 33.4 Å². The number of carbonyl (C=O) groups excluding carboxylic acids is 1. The van der Waals surface area contributed by atoms with Crippen molar-refractivity contribution in [2.45, 2.75) is 26.4 Å². The maximum atomic E-state index is 14.2. The molecule has 0 atom stereocenters. The fraction of sp³-hybridized carbons (Fsp3) is 0.206.